The largest absolute Gasteiger partial charge is 0.364 e. The number of hydrogen-bond donors (Lipinski definition) is 1. The highest BCUT2D eigenvalue weighted by molar-refractivity contribution is 6.45. The number of hydrogen-bond acceptors (Lipinski definition) is 2. The Bertz CT molecular complexity index is 662. The molecule has 3 heteroatoms. The molecule has 2 aromatic rings. The Morgan fingerprint density at radius 3 is 2.55 bits per heavy atom. The number of nitrogens with zero attached hydrogens (tertiary/aromatic N) is 1. The Hall–Kier alpha value is -2.42. The predicted molar refractivity (Wildman–Crippen MR) is 79.8 cm³/mol. The van der Waals surface area contributed by atoms with Crippen LogP contribution in [0.4, 0.5) is 0 Å². The lowest BCUT2D eigenvalue weighted by molar-refractivity contribution is -0.112. The summed E-state index contributed by atoms with van der Waals surface area (Å²) >= 11 is 0. The first-order valence-corrected chi connectivity index (χ1v) is 6.74. The van der Waals surface area contributed by atoms with E-state index in [1.807, 2.05) is 42.5 Å². The average Bonchev–Trinajstić information content (AvgIpc) is 2.47. The zero-order valence-electron chi connectivity index (χ0n) is 11.1. The third kappa shape index (κ3) is 2.48. The zero-order valence-corrected chi connectivity index (χ0v) is 11.1. The van der Waals surface area contributed by atoms with Gasteiger partial charge in [-0.2, -0.15) is 0 Å². The smallest absolute Gasteiger partial charge is 0.267 e. The summed E-state index contributed by atoms with van der Waals surface area (Å²) in [5.74, 6) is -0.449. The molecule has 0 radical (unpaired) electrons. The first kappa shape index (κ1) is 12.6. The van der Waals surface area contributed by atoms with Crippen LogP contribution in [0.5, 0.6) is 0 Å². The lowest BCUT2D eigenvalue weighted by atomic mass is 9.90. The number of benzene rings is 2. The quantitative estimate of drug-likeness (QED) is 0.907. The van der Waals surface area contributed by atoms with Crippen LogP contribution in [0.15, 0.2) is 59.6 Å². The van der Waals surface area contributed by atoms with Gasteiger partial charge in [0.05, 0.1) is 6.04 Å². The zero-order chi connectivity index (χ0) is 13.9. The highest BCUT2D eigenvalue weighted by Gasteiger charge is 2.23. The molecule has 3 nitrogen and oxygen atoms in total. The monoisotopic (exact) mass is 264 g/mol. The van der Waals surface area contributed by atoms with E-state index in [4.69, 9.17) is 5.73 Å². The van der Waals surface area contributed by atoms with Crippen molar-refractivity contribution in [3.8, 4) is 0 Å². The fourth-order valence-electron chi connectivity index (χ4n) is 2.68. The molecule has 1 aliphatic rings. The van der Waals surface area contributed by atoms with E-state index in [1.54, 1.807) is 0 Å². The van der Waals surface area contributed by atoms with E-state index in [9.17, 15) is 4.79 Å². The maximum absolute atomic E-state index is 11.6. The second-order valence-electron chi connectivity index (χ2n) is 5.05. The number of amides is 1. The Kier molecular flexibility index (Phi) is 3.33. The number of carbonyl (C=O) groups is 1. The van der Waals surface area contributed by atoms with Gasteiger partial charge in [-0.3, -0.25) is 9.79 Å². The summed E-state index contributed by atoms with van der Waals surface area (Å²) in [5, 5.41) is 0. The number of aliphatic imine (C=N–C) groups is 1. The van der Waals surface area contributed by atoms with E-state index in [0.717, 1.165) is 24.0 Å². The summed E-state index contributed by atoms with van der Waals surface area (Å²) in [4.78, 5) is 16.2. The average molecular weight is 264 g/mol. The van der Waals surface area contributed by atoms with Crippen molar-refractivity contribution in [2.75, 3.05) is 0 Å². The molecule has 0 saturated heterocycles. The Balaban J connectivity index is 1.92. The van der Waals surface area contributed by atoms with Crippen LogP contribution in [0, 0.1) is 0 Å². The van der Waals surface area contributed by atoms with Crippen molar-refractivity contribution >= 4 is 11.6 Å². The van der Waals surface area contributed by atoms with Crippen LogP contribution in [-0.4, -0.2) is 17.7 Å². The van der Waals surface area contributed by atoms with Crippen LogP contribution in [0.3, 0.4) is 0 Å². The highest BCUT2D eigenvalue weighted by atomic mass is 16.1. The predicted octanol–water partition coefficient (Wildman–Crippen LogP) is 2.13. The van der Waals surface area contributed by atoms with Crippen molar-refractivity contribution in [3.63, 3.8) is 0 Å². The normalized spacial score (nSPS) is 17.2. The maximum Gasteiger partial charge on any atom is 0.267 e. The van der Waals surface area contributed by atoms with Crippen LogP contribution in [-0.2, 0) is 17.6 Å². The molecule has 2 N–H and O–H groups in total. The minimum Gasteiger partial charge on any atom is -0.364 e. The van der Waals surface area contributed by atoms with Crippen molar-refractivity contribution < 1.29 is 4.79 Å². The molecular formula is C17H16N2O. The number of primary amides is 1. The molecule has 2 aromatic carbocycles. The minimum absolute atomic E-state index is 0.0785. The van der Waals surface area contributed by atoms with Gasteiger partial charge in [-0.1, -0.05) is 54.6 Å². The molecule has 0 fully saturated rings. The van der Waals surface area contributed by atoms with Gasteiger partial charge in [-0.15, -0.1) is 0 Å². The van der Waals surface area contributed by atoms with E-state index in [1.165, 1.54) is 5.56 Å². The van der Waals surface area contributed by atoms with Gasteiger partial charge >= 0.3 is 0 Å². The number of rotatable bonds is 3. The number of fused-ring (bicyclic) bond motifs is 1. The summed E-state index contributed by atoms with van der Waals surface area (Å²) in [6.45, 7) is 0. The van der Waals surface area contributed by atoms with Gasteiger partial charge in [0.15, 0.2) is 0 Å². The lowest BCUT2D eigenvalue weighted by Gasteiger charge is -2.22. The molecular weight excluding hydrogens is 248 g/mol. The Labute approximate surface area is 118 Å². The van der Waals surface area contributed by atoms with Gasteiger partial charge in [0.25, 0.3) is 5.91 Å². The molecule has 100 valence electrons. The maximum atomic E-state index is 11.6. The van der Waals surface area contributed by atoms with Crippen LogP contribution in [0.2, 0.25) is 0 Å². The van der Waals surface area contributed by atoms with Crippen LogP contribution in [0.25, 0.3) is 0 Å². The summed E-state index contributed by atoms with van der Waals surface area (Å²) in [5.41, 5.74) is 9.13. The van der Waals surface area contributed by atoms with E-state index < -0.39 is 5.91 Å². The van der Waals surface area contributed by atoms with Crippen LogP contribution in [0.1, 0.15) is 16.7 Å². The van der Waals surface area contributed by atoms with Gasteiger partial charge in [0.1, 0.15) is 5.71 Å². The molecule has 0 aromatic heterocycles. The molecule has 1 heterocycles. The molecule has 0 spiro atoms. The molecule has 0 saturated carbocycles. The molecule has 1 aliphatic heterocycles. The summed E-state index contributed by atoms with van der Waals surface area (Å²) in [7, 11) is 0. The van der Waals surface area contributed by atoms with E-state index in [-0.39, 0.29) is 6.04 Å². The SMILES string of the molecule is NC(=O)C1=NC(Cc2ccccc2)Cc2ccccc21. The summed E-state index contributed by atoms with van der Waals surface area (Å²) < 4.78 is 0. The molecule has 20 heavy (non-hydrogen) atoms. The molecule has 1 amide bonds. The van der Waals surface area contributed by atoms with Crippen LogP contribution >= 0.6 is 0 Å². The summed E-state index contributed by atoms with van der Waals surface area (Å²) in [6.07, 6.45) is 1.67. The van der Waals surface area contributed by atoms with Crippen molar-refractivity contribution in [1.29, 1.82) is 0 Å². The topological polar surface area (TPSA) is 55.5 Å². The molecule has 0 bridgehead atoms. The molecule has 0 aliphatic carbocycles. The molecule has 1 atom stereocenters. The second kappa shape index (κ2) is 5.29. The van der Waals surface area contributed by atoms with Crippen LogP contribution < -0.4 is 5.73 Å². The number of carbonyl (C=O) groups excluding carboxylic acids is 1. The van der Waals surface area contributed by atoms with Gasteiger partial charge in [0, 0.05) is 5.56 Å². The standard InChI is InChI=1S/C17H16N2O/c18-17(20)16-15-9-5-4-8-13(15)11-14(19-16)10-12-6-2-1-3-7-12/h1-9,14H,10-11H2,(H2,18,20). The van der Waals surface area contributed by atoms with Gasteiger partial charge in [-0.05, 0) is 24.0 Å². The third-order valence-corrected chi connectivity index (χ3v) is 3.59. The van der Waals surface area contributed by atoms with Crippen molar-refractivity contribution in [1.82, 2.24) is 0 Å². The number of nitrogens with two attached hydrogens (primary N) is 1. The Morgan fingerprint density at radius 2 is 1.80 bits per heavy atom. The molecule has 3 rings (SSSR count). The first-order chi connectivity index (χ1) is 9.74. The van der Waals surface area contributed by atoms with Crippen molar-refractivity contribution in [2.24, 2.45) is 10.7 Å². The second-order valence-corrected chi connectivity index (χ2v) is 5.05. The van der Waals surface area contributed by atoms with Gasteiger partial charge in [-0.25, -0.2) is 0 Å². The van der Waals surface area contributed by atoms with Gasteiger partial charge < -0.3 is 5.73 Å². The first-order valence-electron chi connectivity index (χ1n) is 6.74. The van der Waals surface area contributed by atoms with E-state index >= 15 is 0 Å². The minimum atomic E-state index is -0.449. The third-order valence-electron chi connectivity index (χ3n) is 3.59. The molecule has 1 unspecified atom stereocenters. The van der Waals surface area contributed by atoms with Crippen molar-refractivity contribution in [3.05, 3.63) is 71.3 Å². The fraction of sp³-hybridized carbons (Fsp3) is 0.176. The van der Waals surface area contributed by atoms with E-state index in [2.05, 4.69) is 17.1 Å². The summed E-state index contributed by atoms with van der Waals surface area (Å²) in [6, 6.07) is 18.1. The lowest BCUT2D eigenvalue weighted by Crippen LogP contribution is -2.32. The van der Waals surface area contributed by atoms with E-state index in [0.29, 0.717) is 5.71 Å². The fourth-order valence-corrected chi connectivity index (χ4v) is 2.68. The van der Waals surface area contributed by atoms with Crippen molar-refractivity contribution in [2.45, 2.75) is 18.9 Å². The van der Waals surface area contributed by atoms with Gasteiger partial charge in [0.2, 0.25) is 0 Å². The Morgan fingerprint density at radius 1 is 1.10 bits per heavy atom. The highest BCUT2D eigenvalue weighted by Crippen LogP contribution is 2.22.